The van der Waals surface area contributed by atoms with Crippen molar-refractivity contribution in [3.63, 3.8) is 0 Å². The number of ether oxygens (including phenoxy) is 3. The summed E-state index contributed by atoms with van der Waals surface area (Å²) >= 11 is 0. The molecule has 2 aromatic rings. The monoisotopic (exact) mass is 628 g/mol. The van der Waals surface area contributed by atoms with Gasteiger partial charge in [-0.25, -0.2) is 4.79 Å². The summed E-state index contributed by atoms with van der Waals surface area (Å²) in [6, 6.07) is 16.6. The van der Waals surface area contributed by atoms with Gasteiger partial charge in [0, 0.05) is 13.0 Å². The molecule has 0 fully saturated rings. The molecule has 0 bridgehead atoms. The molecule has 1 aliphatic rings. The Kier molecular flexibility index (Phi) is 15.7. The fourth-order valence-corrected chi connectivity index (χ4v) is 5.51. The first kappa shape index (κ1) is 36.4. The number of halogens is 3. The fraction of sp³-hybridized carbons (Fsp3) is 0.553. The Morgan fingerprint density at radius 1 is 0.778 bits per heavy atom. The van der Waals surface area contributed by atoms with Gasteiger partial charge in [0.15, 0.2) is 5.60 Å². The van der Waals surface area contributed by atoms with Gasteiger partial charge in [0.1, 0.15) is 11.5 Å². The number of hydrogen-bond donors (Lipinski definition) is 0. The van der Waals surface area contributed by atoms with Crippen molar-refractivity contribution in [1.82, 2.24) is 0 Å². The number of benzene rings is 2. The summed E-state index contributed by atoms with van der Waals surface area (Å²) in [6.07, 6.45) is 13.2. The molecule has 0 spiro atoms. The van der Waals surface area contributed by atoms with Crippen LogP contribution < -0.4 is 9.47 Å². The lowest BCUT2D eigenvalue weighted by Gasteiger charge is -2.30. The van der Waals surface area contributed by atoms with Crippen LogP contribution in [0, 0.1) is 5.92 Å². The third-order valence-electron chi connectivity index (χ3n) is 8.34. The molecule has 0 N–H and O–H groups in total. The Morgan fingerprint density at radius 3 is 2.02 bits per heavy atom. The van der Waals surface area contributed by atoms with Crippen molar-refractivity contribution in [1.29, 1.82) is 0 Å². The molecular formula is C38H51F3O4. The van der Waals surface area contributed by atoms with Crippen molar-refractivity contribution >= 4 is 11.5 Å². The smallest absolute Gasteiger partial charge is 0.391 e. The van der Waals surface area contributed by atoms with Gasteiger partial charge >= 0.3 is 12.1 Å². The van der Waals surface area contributed by atoms with E-state index in [1.807, 2.05) is 55.5 Å². The standard InChI is InChI=1S/C38H51F3O4/c1-3-5-7-8-9-10-11-15-30-44-37(27-25-32(26-28-37)31-17-13-12-14-18-31)36(42)45-35-23-21-34(22-24-35)43-29-16-20-33(19-6-4-2)38(39,40)41/h12-14,17-18,21-27,33H,3-11,15-16,19-20,28-30H2,1-2H3. The van der Waals surface area contributed by atoms with Crippen molar-refractivity contribution < 1.29 is 32.2 Å². The highest BCUT2D eigenvalue weighted by Gasteiger charge is 2.40. The summed E-state index contributed by atoms with van der Waals surface area (Å²) in [5.41, 5.74) is 0.883. The molecule has 4 nitrogen and oxygen atoms in total. The van der Waals surface area contributed by atoms with Crippen LogP contribution >= 0.6 is 0 Å². The number of rotatable bonds is 21. The molecule has 2 atom stereocenters. The zero-order chi connectivity index (χ0) is 32.4. The van der Waals surface area contributed by atoms with E-state index >= 15 is 0 Å². The molecule has 3 rings (SSSR count). The van der Waals surface area contributed by atoms with Crippen LogP contribution in [-0.2, 0) is 9.53 Å². The van der Waals surface area contributed by atoms with E-state index in [4.69, 9.17) is 14.2 Å². The molecule has 0 saturated carbocycles. The number of alkyl halides is 3. The first-order valence-electron chi connectivity index (χ1n) is 16.9. The average Bonchev–Trinajstić information content (AvgIpc) is 3.04. The molecular weight excluding hydrogens is 577 g/mol. The maximum atomic E-state index is 13.6. The largest absolute Gasteiger partial charge is 0.494 e. The van der Waals surface area contributed by atoms with E-state index in [0.717, 1.165) is 36.8 Å². The van der Waals surface area contributed by atoms with Gasteiger partial charge in [-0.15, -0.1) is 0 Å². The summed E-state index contributed by atoms with van der Waals surface area (Å²) in [5.74, 6) is -0.910. The Bertz CT molecular complexity index is 1170. The van der Waals surface area contributed by atoms with E-state index in [-0.39, 0.29) is 19.4 Å². The highest BCUT2D eigenvalue weighted by Crippen LogP contribution is 2.34. The fourth-order valence-electron chi connectivity index (χ4n) is 5.51. The van der Waals surface area contributed by atoms with Crippen LogP contribution in [0.3, 0.4) is 0 Å². The van der Waals surface area contributed by atoms with Crippen LogP contribution in [0.5, 0.6) is 11.5 Å². The van der Waals surface area contributed by atoms with E-state index in [0.29, 0.717) is 37.4 Å². The predicted molar refractivity (Wildman–Crippen MR) is 175 cm³/mol. The normalized spacial score (nSPS) is 17.1. The lowest BCUT2D eigenvalue weighted by Crippen LogP contribution is -2.43. The Hall–Kier alpha value is -3.06. The van der Waals surface area contributed by atoms with Crippen LogP contribution in [-0.4, -0.2) is 31.0 Å². The molecule has 7 heteroatoms. The number of esters is 1. The van der Waals surface area contributed by atoms with Crippen molar-refractivity contribution in [3.8, 4) is 11.5 Å². The molecule has 2 aromatic carbocycles. The number of unbranched alkanes of at least 4 members (excludes halogenated alkanes) is 8. The molecule has 0 radical (unpaired) electrons. The van der Waals surface area contributed by atoms with Gasteiger partial charge in [0.25, 0.3) is 0 Å². The van der Waals surface area contributed by atoms with Gasteiger partial charge in [-0.1, -0.05) is 114 Å². The van der Waals surface area contributed by atoms with Gasteiger partial charge in [0.2, 0.25) is 0 Å². The van der Waals surface area contributed by atoms with E-state index in [2.05, 4.69) is 6.92 Å². The first-order chi connectivity index (χ1) is 21.8. The molecule has 0 aromatic heterocycles. The first-order valence-corrected chi connectivity index (χ1v) is 16.9. The van der Waals surface area contributed by atoms with Crippen molar-refractivity contribution in [2.24, 2.45) is 5.92 Å². The molecule has 0 saturated heterocycles. The van der Waals surface area contributed by atoms with E-state index in [9.17, 15) is 18.0 Å². The maximum Gasteiger partial charge on any atom is 0.391 e. The number of carbonyl (C=O) groups is 1. The van der Waals surface area contributed by atoms with Gasteiger partial charge in [0.05, 0.1) is 12.5 Å². The van der Waals surface area contributed by atoms with Crippen LogP contribution in [0.4, 0.5) is 13.2 Å². The minimum Gasteiger partial charge on any atom is -0.494 e. The summed E-state index contributed by atoms with van der Waals surface area (Å²) < 4.78 is 57.6. The zero-order valence-electron chi connectivity index (χ0n) is 27.1. The van der Waals surface area contributed by atoms with E-state index in [1.54, 1.807) is 24.3 Å². The zero-order valence-corrected chi connectivity index (χ0v) is 27.1. The SMILES string of the molecule is CCCCCCCCCCOC1(C(=O)Oc2ccc(OCCCC(CCCC)C(F)(F)F)cc2)C=CC(c2ccccc2)=CC1. The number of carbonyl (C=O) groups excluding carboxylic acids is 1. The Balaban J connectivity index is 1.54. The number of allylic oxidation sites excluding steroid dienone is 2. The highest BCUT2D eigenvalue weighted by atomic mass is 19.4. The van der Waals surface area contributed by atoms with Gasteiger partial charge < -0.3 is 14.2 Å². The van der Waals surface area contributed by atoms with Crippen molar-refractivity contribution in [2.45, 2.75) is 116 Å². The van der Waals surface area contributed by atoms with Gasteiger partial charge in [-0.3, -0.25) is 0 Å². The summed E-state index contributed by atoms with van der Waals surface area (Å²) in [6.45, 7) is 4.77. The Labute approximate surface area is 268 Å². The predicted octanol–water partition coefficient (Wildman–Crippen LogP) is 11.1. The van der Waals surface area contributed by atoms with Crippen molar-refractivity contribution in [2.75, 3.05) is 13.2 Å². The van der Waals surface area contributed by atoms with Crippen LogP contribution in [0.1, 0.15) is 109 Å². The molecule has 0 aliphatic heterocycles. The summed E-state index contributed by atoms with van der Waals surface area (Å²) in [7, 11) is 0. The molecule has 45 heavy (non-hydrogen) atoms. The van der Waals surface area contributed by atoms with Crippen LogP contribution in [0.25, 0.3) is 5.57 Å². The van der Waals surface area contributed by atoms with E-state index in [1.165, 1.54) is 32.1 Å². The average molecular weight is 629 g/mol. The molecule has 248 valence electrons. The van der Waals surface area contributed by atoms with Crippen molar-refractivity contribution in [3.05, 3.63) is 78.4 Å². The summed E-state index contributed by atoms with van der Waals surface area (Å²) in [4.78, 5) is 13.6. The third kappa shape index (κ3) is 12.7. The summed E-state index contributed by atoms with van der Waals surface area (Å²) in [5, 5.41) is 0. The second-order valence-electron chi connectivity index (χ2n) is 12.0. The van der Waals surface area contributed by atoms with Crippen LogP contribution in [0.2, 0.25) is 0 Å². The molecule has 1 aliphatic carbocycles. The minimum atomic E-state index is -4.18. The molecule has 2 unspecified atom stereocenters. The molecule has 0 amide bonds. The Morgan fingerprint density at radius 2 is 1.40 bits per heavy atom. The van der Waals surface area contributed by atoms with E-state index < -0.39 is 23.7 Å². The topological polar surface area (TPSA) is 44.8 Å². The maximum absolute atomic E-state index is 13.6. The second-order valence-corrected chi connectivity index (χ2v) is 12.0. The minimum absolute atomic E-state index is 0.0498. The lowest BCUT2D eigenvalue weighted by atomic mass is 9.89. The second kappa shape index (κ2) is 19.5. The van der Waals surface area contributed by atoms with Gasteiger partial charge in [-0.2, -0.15) is 13.2 Å². The lowest BCUT2D eigenvalue weighted by molar-refractivity contribution is -0.178. The van der Waals surface area contributed by atoms with Crippen LogP contribution in [0.15, 0.2) is 72.8 Å². The quantitative estimate of drug-likeness (QED) is 0.0784. The molecule has 0 heterocycles. The third-order valence-corrected chi connectivity index (χ3v) is 8.34. The number of hydrogen-bond acceptors (Lipinski definition) is 4. The highest BCUT2D eigenvalue weighted by molar-refractivity contribution is 5.88. The van der Waals surface area contributed by atoms with Gasteiger partial charge in [-0.05, 0) is 67.2 Å².